The number of hydrogen-bond donors (Lipinski definition) is 1. The first-order valence-corrected chi connectivity index (χ1v) is 6.67. The molecule has 0 bridgehead atoms. The molecule has 0 saturated heterocycles. The molecule has 0 fully saturated rings. The SMILES string of the molecule is COCC(Br)CN(C)C(=O)c1cccc(OC)c1O. The van der Waals surface area contributed by atoms with E-state index in [0.717, 1.165) is 0 Å². The second-order valence-corrected chi connectivity index (χ2v) is 5.39. The van der Waals surface area contributed by atoms with Gasteiger partial charge in [0.15, 0.2) is 11.5 Å². The molecule has 0 aliphatic rings. The molecule has 0 spiro atoms. The van der Waals surface area contributed by atoms with E-state index in [-0.39, 0.29) is 27.8 Å². The molecule has 1 unspecified atom stereocenters. The zero-order valence-corrected chi connectivity index (χ0v) is 12.8. The molecule has 1 aromatic rings. The van der Waals surface area contributed by atoms with Gasteiger partial charge in [0.25, 0.3) is 5.91 Å². The van der Waals surface area contributed by atoms with Crippen molar-refractivity contribution in [2.24, 2.45) is 0 Å². The molecule has 0 radical (unpaired) electrons. The average molecular weight is 332 g/mol. The molecule has 1 aromatic carbocycles. The van der Waals surface area contributed by atoms with Crippen LogP contribution in [-0.4, -0.2) is 55.2 Å². The second-order valence-electron chi connectivity index (χ2n) is 4.09. The minimum atomic E-state index is -0.267. The lowest BCUT2D eigenvalue weighted by molar-refractivity contribution is 0.0780. The third-order valence-corrected chi connectivity index (χ3v) is 3.17. The lowest BCUT2D eigenvalue weighted by atomic mass is 10.1. The van der Waals surface area contributed by atoms with Gasteiger partial charge in [-0.05, 0) is 12.1 Å². The van der Waals surface area contributed by atoms with Crippen molar-refractivity contribution in [3.8, 4) is 11.5 Å². The Labute approximate surface area is 121 Å². The molecule has 1 rings (SSSR count). The number of phenols is 1. The summed E-state index contributed by atoms with van der Waals surface area (Å²) in [6.07, 6.45) is 0. The maximum Gasteiger partial charge on any atom is 0.257 e. The van der Waals surface area contributed by atoms with E-state index in [4.69, 9.17) is 9.47 Å². The first-order chi connectivity index (χ1) is 9.01. The van der Waals surface area contributed by atoms with Gasteiger partial charge in [0.2, 0.25) is 0 Å². The van der Waals surface area contributed by atoms with Gasteiger partial charge >= 0.3 is 0 Å². The number of carbonyl (C=O) groups is 1. The Bertz CT molecular complexity index is 439. The van der Waals surface area contributed by atoms with Crippen LogP contribution in [0.15, 0.2) is 18.2 Å². The van der Waals surface area contributed by atoms with Gasteiger partial charge in [0.05, 0.1) is 24.1 Å². The molecule has 0 saturated carbocycles. The topological polar surface area (TPSA) is 59.0 Å². The monoisotopic (exact) mass is 331 g/mol. The summed E-state index contributed by atoms with van der Waals surface area (Å²) in [6, 6.07) is 4.83. The predicted octanol–water partition coefficient (Wildman–Crippen LogP) is 1.88. The molecule has 0 heterocycles. The fourth-order valence-corrected chi connectivity index (χ4v) is 2.38. The summed E-state index contributed by atoms with van der Waals surface area (Å²) in [6.45, 7) is 0.977. The smallest absolute Gasteiger partial charge is 0.257 e. The van der Waals surface area contributed by atoms with E-state index < -0.39 is 0 Å². The molecule has 1 atom stereocenters. The maximum absolute atomic E-state index is 12.2. The van der Waals surface area contributed by atoms with E-state index in [2.05, 4.69) is 15.9 Å². The summed E-state index contributed by atoms with van der Waals surface area (Å²) in [5.74, 6) is -0.122. The van der Waals surface area contributed by atoms with Gasteiger partial charge in [0, 0.05) is 20.7 Å². The van der Waals surface area contributed by atoms with Crippen molar-refractivity contribution < 1.29 is 19.4 Å². The van der Waals surface area contributed by atoms with Crippen molar-refractivity contribution in [2.75, 3.05) is 34.4 Å². The number of alkyl halides is 1. The lowest BCUT2D eigenvalue weighted by Crippen LogP contribution is -2.33. The number of methoxy groups -OCH3 is 2. The number of aromatic hydroxyl groups is 1. The highest BCUT2D eigenvalue weighted by atomic mass is 79.9. The van der Waals surface area contributed by atoms with Crippen LogP contribution in [-0.2, 0) is 4.74 Å². The molecular formula is C13H18BrNO4. The summed E-state index contributed by atoms with van der Waals surface area (Å²) in [5.41, 5.74) is 0.221. The Morgan fingerprint density at radius 1 is 1.47 bits per heavy atom. The molecule has 5 nitrogen and oxygen atoms in total. The zero-order valence-electron chi connectivity index (χ0n) is 11.2. The van der Waals surface area contributed by atoms with Crippen molar-refractivity contribution in [1.82, 2.24) is 4.90 Å². The molecule has 0 aromatic heterocycles. The van der Waals surface area contributed by atoms with Gasteiger partial charge < -0.3 is 19.5 Å². The minimum Gasteiger partial charge on any atom is -0.504 e. The first kappa shape index (κ1) is 15.8. The van der Waals surface area contributed by atoms with Crippen LogP contribution < -0.4 is 4.74 Å². The predicted molar refractivity (Wildman–Crippen MR) is 76.2 cm³/mol. The van der Waals surface area contributed by atoms with E-state index in [9.17, 15) is 9.90 Å². The lowest BCUT2D eigenvalue weighted by Gasteiger charge is -2.21. The van der Waals surface area contributed by atoms with Crippen molar-refractivity contribution >= 4 is 21.8 Å². The standard InChI is InChI=1S/C13H18BrNO4/c1-15(7-9(14)8-18-2)13(17)10-5-4-6-11(19-3)12(10)16/h4-6,9,16H,7-8H2,1-3H3. The number of phenolic OH excluding ortho intramolecular Hbond substituents is 1. The van der Waals surface area contributed by atoms with Gasteiger partial charge in [-0.3, -0.25) is 4.79 Å². The largest absolute Gasteiger partial charge is 0.504 e. The van der Waals surface area contributed by atoms with Crippen molar-refractivity contribution in [1.29, 1.82) is 0 Å². The first-order valence-electron chi connectivity index (χ1n) is 5.75. The molecule has 19 heavy (non-hydrogen) atoms. The summed E-state index contributed by atoms with van der Waals surface area (Å²) in [5, 5.41) is 9.94. The quantitative estimate of drug-likeness (QED) is 0.808. The van der Waals surface area contributed by atoms with Crippen LogP contribution in [0.2, 0.25) is 0 Å². The van der Waals surface area contributed by atoms with Crippen molar-refractivity contribution in [3.05, 3.63) is 23.8 Å². The number of ether oxygens (including phenoxy) is 2. The van der Waals surface area contributed by atoms with E-state index in [1.807, 2.05) is 0 Å². The fourth-order valence-electron chi connectivity index (χ4n) is 1.68. The molecular weight excluding hydrogens is 314 g/mol. The highest BCUT2D eigenvalue weighted by molar-refractivity contribution is 9.09. The number of para-hydroxylation sites is 1. The van der Waals surface area contributed by atoms with E-state index in [0.29, 0.717) is 13.2 Å². The highest BCUT2D eigenvalue weighted by Gasteiger charge is 2.20. The van der Waals surface area contributed by atoms with Gasteiger partial charge in [-0.1, -0.05) is 22.0 Å². The fraction of sp³-hybridized carbons (Fsp3) is 0.462. The Morgan fingerprint density at radius 2 is 2.16 bits per heavy atom. The van der Waals surface area contributed by atoms with Crippen LogP contribution >= 0.6 is 15.9 Å². The van der Waals surface area contributed by atoms with Crippen LogP contribution in [0.25, 0.3) is 0 Å². The Morgan fingerprint density at radius 3 is 2.74 bits per heavy atom. The second kappa shape index (κ2) is 7.35. The van der Waals surface area contributed by atoms with Crippen LogP contribution in [0.4, 0.5) is 0 Å². The van der Waals surface area contributed by atoms with Crippen molar-refractivity contribution in [3.63, 3.8) is 0 Å². The van der Waals surface area contributed by atoms with Gasteiger partial charge in [0.1, 0.15) is 0 Å². The number of halogens is 1. The van der Waals surface area contributed by atoms with Gasteiger partial charge in [-0.2, -0.15) is 0 Å². The normalized spacial score (nSPS) is 12.0. The number of nitrogens with zero attached hydrogens (tertiary/aromatic N) is 1. The molecule has 106 valence electrons. The Kier molecular flexibility index (Phi) is 6.11. The maximum atomic E-state index is 12.2. The van der Waals surface area contributed by atoms with Crippen molar-refractivity contribution in [2.45, 2.75) is 4.83 Å². The molecule has 1 N–H and O–H groups in total. The van der Waals surface area contributed by atoms with Gasteiger partial charge in [-0.15, -0.1) is 0 Å². The van der Waals surface area contributed by atoms with Crippen LogP contribution in [0.3, 0.4) is 0 Å². The number of hydrogen-bond acceptors (Lipinski definition) is 4. The van der Waals surface area contributed by atoms with Crippen LogP contribution in [0, 0.1) is 0 Å². The van der Waals surface area contributed by atoms with Crippen LogP contribution in [0.5, 0.6) is 11.5 Å². The summed E-state index contributed by atoms with van der Waals surface area (Å²) in [7, 11) is 4.72. The third kappa shape index (κ3) is 4.11. The number of benzene rings is 1. The number of amides is 1. The van der Waals surface area contributed by atoms with Gasteiger partial charge in [-0.25, -0.2) is 0 Å². The highest BCUT2D eigenvalue weighted by Crippen LogP contribution is 2.30. The van der Waals surface area contributed by atoms with Crippen LogP contribution in [0.1, 0.15) is 10.4 Å². The summed E-state index contributed by atoms with van der Waals surface area (Å²) in [4.78, 5) is 13.8. The Hall–Kier alpha value is -1.27. The minimum absolute atomic E-state index is 0.0409. The number of carbonyl (C=O) groups excluding carboxylic acids is 1. The Balaban J connectivity index is 2.82. The summed E-state index contributed by atoms with van der Waals surface area (Å²) < 4.78 is 9.98. The summed E-state index contributed by atoms with van der Waals surface area (Å²) >= 11 is 3.42. The van der Waals surface area contributed by atoms with E-state index in [1.165, 1.54) is 12.0 Å². The van der Waals surface area contributed by atoms with E-state index >= 15 is 0 Å². The molecule has 6 heteroatoms. The third-order valence-electron chi connectivity index (χ3n) is 2.62. The number of rotatable bonds is 6. The molecule has 0 aliphatic carbocycles. The molecule has 1 amide bonds. The zero-order chi connectivity index (χ0) is 14.4. The van der Waals surface area contributed by atoms with E-state index in [1.54, 1.807) is 32.4 Å². The average Bonchev–Trinajstić information content (AvgIpc) is 2.38. The molecule has 0 aliphatic heterocycles.